The molecular formula is C13H21N5O. The standard InChI is InChI=1S/C13H21N5O/c1-9(2)7-18-13(14-8-15-18)6-12(19)11-5-10(3)16-17(11)4/h5,8-9,12,19H,6-7H2,1-4H3. The van der Waals surface area contributed by atoms with Crippen LogP contribution >= 0.6 is 0 Å². The minimum absolute atomic E-state index is 0.450. The van der Waals surface area contributed by atoms with Gasteiger partial charge in [-0.15, -0.1) is 0 Å². The minimum Gasteiger partial charge on any atom is -0.386 e. The molecule has 0 aliphatic heterocycles. The monoisotopic (exact) mass is 263 g/mol. The normalized spacial score (nSPS) is 13.2. The van der Waals surface area contributed by atoms with Crippen LogP contribution in [0.25, 0.3) is 0 Å². The highest BCUT2D eigenvalue weighted by Gasteiger charge is 2.17. The Kier molecular flexibility index (Phi) is 3.99. The maximum absolute atomic E-state index is 10.3. The van der Waals surface area contributed by atoms with Crippen LogP contribution in [0.4, 0.5) is 0 Å². The fourth-order valence-corrected chi connectivity index (χ4v) is 2.16. The molecule has 1 atom stereocenters. The Morgan fingerprint density at radius 2 is 2.11 bits per heavy atom. The van der Waals surface area contributed by atoms with Crippen LogP contribution in [0.2, 0.25) is 0 Å². The Hall–Kier alpha value is -1.69. The molecule has 0 saturated carbocycles. The van der Waals surface area contributed by atoms with E-state index in [1.165, 1.54) is 0 Å². The zero-order valence-electron chi connectivity index (χ0n) is 11.9. The van der Waals surface area contributed by atoms with Crippen LogP contribution in [-0.4, -0.2) is 29.7 Å². The molecule has 1 N–H and O–H groups in total. The number of aryl methyl sites for hydroxylation is 2. The van der Waals surface area contributed by atoms with Gasteiger partial charge in [0.25, 0.3) is 0 Å². The van der Waals surface area contributed by atoms with Gasteiger partial charge in [0.05, 0.1) is 11.4 Å². The average Bonchev–Trinajstić information content (AvgIpc) is 2.85. The third-order valence-electron chi connectivity index (χ3n) is 2.99. The summed E-state index contributed by atoms with van der Waals surface area (Å²) in [5.41, 5.74) is 1.71. The van der Waals surface area contributed by atoms with Gasteiger partial charge in [0, 0.05) is 20.0 Å². The number of aliphatic hydroxyl groups excluding tert-OH is 1. The molecule has 19 heavy (non-hydrogen) atoms. The molecular weight excluding hydrogens is 242 g/mol. The van der Waals surface area contributed by atoms with Gasteiger partial charge in [-0.3, -0.25) is 4.68 Å². The van der Waals surface area contributed by atoms with Crippen molar-refractivity contribution >= 4 is 0 Å². The van der Waals surface area contributed by atoms with E-state index in [-0.39, 0.29) is 0 Å². The van der Waals surface area contributed by atoms with Crippen molar-refractivity contribution in [2.75, 3.05) is 0 Å². The highest BCUT2D eigenvalue weighted by Crippen LogP contribution is 2.18. The van der Waals surface area contributed by atoms with Gasteiger partial charge in [0.2, 0.25) is 0 Å². The summed E-state index contributed by atoms with van der Waals surface area (Å²) in [7, 11) is 1.84. The molecule has 2 aromatic heterocycles. The summed E-state index contributed by atoms with van der Waals surface area (Å²) in [6, 6.07) is 1.90. The minimum atomic E-state index is -0.610. The molecule has 0 aliphatic rings. The first kappa shape index (κ1) is 13.7. The lowest BCUT2D eigenvalue weighted by atomic mass is 10.1. The molecule has 0 spiro atoms. The van der Waals surface area contributed by atoms with Crippen molar-refractivity contribution in [1.29, 1.82) is 0 Å². The Bertz CT molecular complexity index is 543. The number of hydrogen-bond donors (Lipinski definition) is 1. The number of nitrogens with zero attached hydrogens (tertiary/aromatic N) is 5. The third kappa shape index (κ3) is 3.20. The molecule has 0 aliphatic carbocycles. The van der Waals surface area contributed by atoms with Crippen molar-refractivity contribution in [3.8, 4) is 0 Å². The molecule has 6 nitrogen and oxygen atoms in total. The van der Waals surface area contributed by atoms with Crippen LogP contribution in [0.15, 0.2) is 12.4 Å². The maximum Gasteiger partial charge on any atom is 0.138 e. The first-order valence-corrected chi connectivity index (χ1v) is 6.52. The van der Waals surface area contributed by atoms with Crippen molar-refractivity contribution in [3.05, 3.63) is 29.6 Å². The van der Waals surface area contributed by atoms with Crippen LogP contribution < -0.4 is 0 Å². The van der Waals surface area contributed by atoms with Crippen LogP contribution in [0.3, 0.4) is 0 Å². The highest BCUT2D eigenvalue weighted by atomic mass is 16.3. The number of rotatable bonds is 5. The molecule has 2 heterocycles. The molecule has 1 unspecified atom stereocenters. The van der Waals surface area contributed by atoms with Crippen LogP contribution in [0.1, 0.15) is 37.2 Å². The summed E-state index contributed by atoms with van der Waals surface area (Å²) in [4.78, 5) is 4.23. The van der Waals surface area contributed by atoms with Crippen molar-refractivity contribution in [3.63, 3.8) is 0 Å². The topological polar surface area (TPSA) is 68.8 Å². The predicted molar refractivity (Wildman–Crippen MR) is 71.5 cm³/mol. The van der Waals surface area contributed by atoms with E-state index in [1.807, 2.05) is 24.7 Å². The molecule has 2 aromatic rings. The largest absolute Gasteiger partial charge is 0.386 e. The highest BCUT2D eigenvalue weighted by molar-refractivity contribution is 5.12. The van der Waals surface area contributed by atoms with E-state index in [1.54, 1.807) is 11.0 Å². The third-order valence-corrected chi connectivity index (χ3v) is 2.99. The van der Waals surface area contributed by atoms with E-state index in [9.17, 15) is 5.11 Å². The van der Waals surface area contributed by atoms with Gasteiger partial charge in [-0.1, -0.05) is 13.8 Å². The average molecular weight is 263 g/mol. The van der Waals surface area contributed by atoms with E-state index in [2.05, 4.69) is 29.0 Å². The number of aliphatic hydroxyl groups is 1. The van der Waals surface area contributed by atoms with Gasteiger partial charge in [-0.25, -0.2) is 9.67 Å². The van der Waals surface area contributed by atoms with Gasteiger partial charge >= 0.3 is 0 Å². The van der Waals surface area contributed by atoms with Crippen molar-refractivity contribution in [2.24, 2.45) is 13.0 Å². The van der Waals surface area contributed by atoms with Gasteiger partial charge in [0.15, 0.2) is 0 Å². The summed E-state index contributed by atoms with van der Waals surface area (Å²) in [6.07, 6.45) is 1.38. The Balaban J connectivity index is 2.13. The fourth-order valence-electron chi connectivity index (χ4n) is 2.16. The quantitative estimate of drug-likeness (QED) is 0.881. The lowest BCUT2D eigenvalue weighted by Crippen LogP contribution is -2.15. The van der Waals surface area contributed by atoms with Gasteiger partial charge in [0.1, 0.15) is 18.3 Å². The van der Waals surface area contributed by atoms with E-state index < -0.39 is 6.10 Å². The molecule has 0 amide bonds. The lowest BCUT2D eigenvalue weighted by molar-refractivity contribution is 0.164. The van der Waals surface area contributed by atoms with Gasteiger partial charge < -0.3 is 5.11 Å². The second kappa shape index (κ2) is 5.52. The maximum atomic E-state index is 10.3. The first-order chi connectivity index (χ1) is 8.97. The second-order valence-electron chi connectivity index (χ2n) is 5.31. The molecule has 0 bridgehead atoms. The van der Waals surface area contributed by atoms with E-state index >= 15 is 0 Å². The fraction of sp³-hybridized carbons (Fsp3) is 0.615. The van der Waals surface area contributed by atoms with Crippen molar-refractivity contribution in [2.45, 2.75) is 39.8 Å². The molecule has 2 rings (SSSR count). The van der Waals surface area contributed by atoms with Crippen molar-refractivity contribution < 1.29 is 5.11 Å². The smallest absolute Gasteiger partial charge is 0.138 e. The molecule has 104 valence electrons. The Morgan fingerprint density at radius 3 is 2.68 bits per heavy atom. The summed E-state index contributed by atoms with van der Waals surface area (Å²) in [5.74, 6) is 1.30. The number of hydrogen-bond acceptors (Lipinski definition) is 4. The molecule has 0 radical (unpaired) electrons. The predicted octanol–water partition coefficient (Wildman–Crippen LogP) is 1.25. The first-order valence-electron chi connectivity index (χ1n) is 6.52. The molecule has 6 heteroatoms. The molecule has 0 aromatic carbocycles. The Morgan fingerprint density at radius 1 is 1.37 bits per heavy atom. The second-order valence-corrected chi connectivity index (χ2v) is 5.31. The van der Waals surface area contributed by atoms with E-state index in [0.717, 1.165) is 23.8 Å². The molecule has 0 saturated heterocycles. The summed E-state index contributed by atoms with van der Waals surface area (Å²) in [6.45, 7) is 6.99. The number of aromatic nitrogens is 5. The van der Waals surface area contributed by atoms with Crippen LogP contribution in [0, 0.1) is 12.8 Å². The van der Waals surface area contributed by atoms with E-state index in [4.69, 9.17) is 0 Å². The molecule has 0 fully saturated rings. The van der Waals surface area contributed by atoms with Crippen LogP contribution in [0.5, 0.6) is 0 Å². The SMILES string of the molecule is Cc1cc(C(O)Cc2ncnn2CC(C)C)n(C)n1. The lowest BCUT2D eigenvalue weighted by Gasteiger charge is -2.12. The van der Waals surface area contributed by atoms with Crippen molar-refractivity contribution in [1.82, 2.24) is 24.5 Å². The van der Waals surface area contributed by atoms with Gasteiger partial charge in [-0.2, -0.15) is 10.2 Å². The van der Waals surface area contributed by atoms with Crippen LogP contribution in [-0.2, 0) is 20.0 Å². The summed E-state index contributed by atoms with van der Waals surface area (Å²) >= 11 is 0. The zero-order valence-corrected chi connectivity index (χ0v) is 11.9. The summed E-state index contributed by atoms with van der Waals surface area (Å²) in [5, 5.41) is 18.8. The summed E-state index contributed by atoms with van der Waals surface area (Å²) < 4.78 is 3.57. The zero-order chi connectivity index (χ0) is 14.0. The Labute approximate surface area is 113 Å². The van der Waals surface area contributed by atoms with E-state index in [0.29, 0.717) is 12.3 Å². The van der Waals surface area contributed by atoms with Gasteiger partial charge in [-0.05, 0) is 18.9 Å².